The van der Waals surface area contributed by atoms with Crippen molar-refractivity contribution in [3.05, 3.63) is 69.8 Å². The van der Waals surface area contributed by atoms with Gasteiger partial charge in [-0.3, -0.25) is 19.7 Å². The maximum Gasteiger partial charge on any atom is 0.283 e. The molecule has 1 fully saturated rings. The molecule has 7 nitrogen and oxygen atoms in total. The van der Waals surface area contributed by atoms with Crippen LogP contribution in [0.3, 0.4) is 0 Å². The molecular formula is C19H19N3O4S. The second-order valence-corrected chi connectivity index (χ2v) is 7.40. The van der Waals surface area contributed by atoms with Gasteiger partial charge in [-0.15, -0.1) is 11.8 Å². The van der Waals surface area contributed by atoms with Crippen LogP contribution in [0.2, 0.25) is 0 Å². The van der Waals surface area contributed by atoms with Crippen molar-refractivity contribution in [1.29, 1.82) is 0 Å². The molecule has 1 aliphatic rings. The summed E-state index contributed by atoms with van der Waals surface area (Å²) in [5.74, 6) is -0.436. The van der Waals surface area contributed by atoms with E-state index in [4.69, 9.17) is 5.73 Å². The van der Waals surface area contributed by atoms with E-state index in [-0.39, 0.29) is 29.0 Å². The van der Waals surface area contributed by atoms with Gasteiger partial charge in [-0.05, 0) is 36.5 Å². The van der Waals surface area contributed by atoms with Crippen molar-refractivity contribution in [1.82, 2.24) is 5.32 Å². The molecular weight excluding hydrogens is 366 g/mol. The van der Waals surface area contributed by atoms with Gasteiger partial charge in [-0.1, -0.05) is 30.3 Å². The Morgan fingerprint density at radius 3 is 2.52 bits per heavy atom. The highest BCUT2D eigenvalue weighted by Gasteiger charge is 2.33. The number of carbonyl (C=O) groups is 2. The summed E-state index contributed by atoms with van der Waals surface area (Å²) in [4.78, 5) is 34.6. The first-order valence-electron chi connectivity index (χ1n) is 8.51. The SMILES string of the molecule is NC(=O)c1ccc(SCC(=O)NC(c2ccccc2)C2CC2)c([N+](=O)[O-])c1. The van der Waals surface area contributed by atoms with E-state index in [0.29, 0.717) is 10.8 Å². The second kappa shape index (κ2) is 8.22. The van der Waals surface area contributed by atoms with Crippen molar-refractivity contribution in [2.45, 2.75) is 23.8 Å². The van der Waals surface area contributed by atoms with Gasteiger partial charge >= 0.3 is 0 Å². The van der Waals surface area contributed by atoms with Gasteiger partial charge in [0.2, 0.25) is 11.8 Å². The third-order valence-electron chi connectivity index (χ3n) is 4.37. The third-order valence-corrected chi connectivity index (χ3v) is 5.43. The summed E-state index contributed by atoms with van der Waals surface area (Å²) in [5, 5.41) is 14.3. The highest BCUT2D eigenvalue weighted by molar-refractivity contribution is 8.00. The van der Waals surface area contributed by atoms with E-state index in [1.165, 1.54) is 12.1 Å². The number of nitrogens with zero attached hydrogens (tertiary/aromatic N) is 1. The minimum absolute atomic E-state index is 0.0356. The zero-order valence-electron chi connectivity index (χ0n) is 14.5. The van der Waals surface area contributed by atoms with Gasteiger partial charge in [0.1, 0.15) is 0 Å². The summed E-state index contributed by atoms with van der Waals surface area (Å²) in [6.07, 6.45) is 2.15. The van der Waals surface area contributed by atoms with Crippen molar-refractivity contribution in [3.8, 4) is 0 Å². The number of nitro benzene ring substituents is 1. The number of amides is 2. The molecule has 1 aliphatic carbocycles. The van der Waals surface area contributed by atoms with Crippen LogP contribution < -0.4 is 11.1 Å². The predicted molar refractivity (Wildman–Crippen MR) is 102 cm³/mol. The fourth-order valence-electron chi connectivity index (χ4n) is 2.86. The topological polar surface area (TPSA) is 115 Å². The summed E-state index contributed by atoms with van der Waals surface area (Å²) < 4.78 is 0. The van der Waals surface area contributed by atoms with Crippen LogP contribution in [0.5, 0.6) is 0 Å². The molecule has 2 aromatic carbocycles. The van der Waals surface area contributed by atoms with E-state index in [1.54, 1.807) is 0 Å². The minimum Gasteiger partial charge on any atom is -0.366 e. The summed E-state index contributed by atoms with van der Waals surface area (Å²) in [6.45, 7) is 0. The van der Waals surface area contributed by atoms with Crippen molar-refractivity contribution >= 4 is 29.3 Å². The summed E-state index contributed by atoms with van der Waals surface area (Å²) >= 11 is 1.07. The molecule has 0 saturated heterocycles. The monoisotopic (exact) mass is 385 g/mol. The van der Waals surface area contributed by atoms with Crippen LogP contribution in [0.25, 0.3) is 0 Å². The number of hydrogen-bond acceptors (Lipinski definition) is 5. The molecule has 0 heterocycles. The van der Waals surface area contributed by atoms with Gasteiger partial charge in [-0.25, -0.2) is 0 Å². The van der Waals surface area contributed by atoms with E-state index >= 15 is 0 Å². The molecule has 140 valence electrons. The number of nitrogens with one attached hydrogen (secondary N) is 1. The van der Waals surface area contributed by atoms with Gasteiger partial charge in [0, 0.05) is 11.6 Å². The standard InChI is InChI=1S/C19H19N3O4S/c20-19(24)14-8-9-16(15(10-14)22(25)26)27-11-17(23)21-18(13-6-7-13)12-4-2-1-3-5-12/h1-5,8-10,13,18H,6-7,11H2,(H2,20,24)(H,21,23). The Morgan fingerprint density at radius 1 is 1.22 bits per heavy atom. The van der Waals surface area contributed by atoms with E-state index < -0.39 is 10.8 Å². The summed E-state index contributed by atoms with van der Waals surface area (Å²) in [6, 6.07) is 13.8. The van der Waals surface area contributed by atoms with E-state index in [0.717, 1.165) is 36.2 Å². The molecule has 0 aromatic heterocycles. The fourth-order valence-corrected chi connectivity index (χ4v) is 3.67. The summed E-state index contributed by atoms with van der Waals surface area (Å²) in [7, 11) is 0. The van der Waals surface area contributed by atoms with Crippen LogP contribution in [-0.4, -0.2) is 22.5 Å². The lowest BCUT2D eigenvalue weighted by Crippen LogP contribution is -2.31. The van der Waals surface area contributed by atoms with Crippen LogP contribution >= 0.6 is 11.8 Å². The number of nitro groups is 1. The Balaban J connectivity index is 1.66. The number of carbonyl (C=O) groups excluding carboxylic acids is 2. The maximum atomic E-state index is 12.4. The van der Waals surface area contributed by atoms with Crippen LogP contribution in [-0.2, 0) is 4.79 Å². The van der Waals surface area contributed by atoms with Crippen molar-refractivity contribution in [2.24, 2.45) is 11.7 Å². The smallest absolute Gasteiger partial charge is 0.283 e. The maximum absolute atomic E-state index is 12.4. The van der Waals surface area contributed by atoms with Crippen molar-refractivity contribution < 1.29 is 14.5 Å². The average molecular weight is 385 g/mol. The Morgan fingerprint density at radius 2 is 1.93 bits per heavy atom. The first-order valence-corrected chi connectivity index (χ1v) is 9.49. The average Bonchev–Trinajstić information content (AvgIpc) is 3.50. The highest BCUT2D eigenvalue weighted by Crippen LogP contribution is 2.41. The molecule has 0 bridgehead atoms. The molecule has 0 spiro atoms. The van der Waals surface area contributed by atoms with Gasteiger partial charge in [0.15, 0.2) is 0 Å². The third kappa shape index (κ3) is 4.85. The molecule has 3 rings (SSSR count). The Kier molecular flexibility index (Phi) is 5.75. The fraction of sp³-hybridized carbons (Fsp3) is 0.263. The van der Waals surface area contributed by atoms with E-state index in [9.17, 15) is 19.7 Å². The zero-order valence-corrected chi connectivity index (χ0v) is 15.3. The van der Waals surface area contributed by atoms with Crippen molar-refractivity contribution in [2.75, 3.05) is 5.75 Å². The zero-order chi connectivity index (χ0) is 19.4. The van der Waals surface area contributed by atoms with Gasteiger partial charge in [-0.2, -0.15) is 0 Å². The van der Waals surface area contributed by atoms with E-state index in [2.05, 4.69) is 5.32 Å². The van der Waals surface area contributed by atoms with Gasteiger partial charge in [0.25, 0.3) is 5.69 Å². The number of rotatable bonds is 8. The molecule has 2 amide bonds. The minimum atomic E-state index is -0.734. The van der Waals surface area contributed by atoms with Crippen LogP contribution in [0.15, 0.2) is 53.4 Å². The Labute approximate surface area is 160 Å². The first-order chi connectivity index (χ1) is 13.0. The quantitative estimate of drug-likeness (QED) is 0.412. The molecule has 1 saturated carbocycles. The Hall–Kier alpha value is -2.87. The van der Waals surface area contributed by atoms with Crippen LogP contribution in [0.4, 0.5) is 5.69 Å². The lowest BCUT2D eigenvalue weighted by Gasteiger charge is -2.18. The molecule has 0 radical (unpaired) electrons. The number of nitrogens with two attached hydrogens (primary N) is 1. The largest absolute Gasteiger partial charge is 0.366 e. The van der Waals surface area contributed by atoms with Crippen LogP contribution in [0, 0.1) is 16.0 Å². The normalized spacial score (nSPS) is 14.4. The molecule has 8 heteroatoms. The first kappa shape index (κ1) is 18.9. The van der Waals surface area contributed by atoms with Gasteiger partial charge < -0.3 is 11.1 Å². The molecule has 0 aliphatic heterocycles. The number of thioether (sulfide) groups is 1. The van der Waals surface area contributed by atoms with Gasteiger partial charge in [0.05, 0.1) is 21.6 Å². The van der Waals surface area contributed by atoms with Crippen LogP contribution in [0.1, 0.15) is 34.8 Å². The van der Waals surface area contributed by atoms with Crippen molar-refractivity contribution in [3.63, 3.8) is 0 Å². The molecule has 1 unspecified atom stereocenters. The highest BCUT2D eigenvalue weighted by atomic mass is 32.2. The number of hydrogen-bond donors (Lipinski definition) is 2. The Bertz CT molecular complexity index is 869. The number of benzene rings is 2. The van der Waals surface area contributed by atoms with E-state index in [1.807, 2.05) is 30.3 Å². The summed E-state index contributed by atoms with van der Waals surface area (Å²) in [5.41, 5.74) is 6.06. The molecule has 2 aromatic rings. The molecule has 27 heavy (non-hydrogen) atoms. The second-order valence-electron chi connectivity index (χ2n) is 6.39. The number of primary amides is 1. The molecule has 1 atom stereocenters. The predicted octanol–water partition coefficient (Wildman–Crippen LogP) is 3.05. The molecule has 3 N–H and O–H groups in total. The lowest BCUT2D eigenvalue weighted by atomic mass is 10.0. The lowest BCUT2D eigenvalue weighted by molar-refractivity contribution is -0.387.